The smallest absolute Gasteiger partial charge is 0.240 e. The molecule has 0 bridgehead atoms. The fourth-order valence-corrected chi connectivity index (χ4v) is 1.74. The van der Waals surface area contributed by atoms with Crippen molar-refractivity contribution in [1.82, 2.24) is 5.32 Å². The van der Waals surface area contributed by atoms with Crippen molar-refractivity contribution in [1.29, 1.82) is 0 Å². The number of carbonyl (C=O) groups excluding carboxylic acids is 1. The van der Waals surface area contributed by atoms with Gasteiger partial charge in [-0.05, 0) is 25.0 Å². The standard InChI is InChI=1S/C12H15ClN2O2/c1-17-10-6-9(13)3-2-8(10)7-15-11(16)12(14)4-5-12/h2-3,6H,4-5,7,14H2,1H3,(H,15,16). The van der Waals surface area contributed by atoms with Gasteiger partial charge in [-0.1, -0.05) is 17.7 Å². The number of carbonyl (C=O) groups is 1. The summed E-state index contributed by atoms with van der Waals surface area (Å²) in [5, 5.41) is 3.41. The van der Waals surface area contributed by atoms with Gasteiger partial charge < -0.3 is 15.8 Å². The minimum atomic E-state index is -0.639. The summed E-state index contributed by atoms with van der Waals surface area (Å²) < 4.78 is 5.19. The van der Waals surface area contributed by atoms with Crippen molar-refractivity contribution in [2.45, 2.75) is 24.9 Å². The summed E-state index contributed by atoms with van der Waals surface area (Å²) in [5.41, 5.74) is 6.03. The Kier molecular flexibility index (Phi) is 3.26. The zero-order valence-corrected chi connectivity index (χ0v) is 10.4. The molecule has 1 amide bonds. The highest BCUT2D eigenvalue weighted by Gasteiger charge is 2.45. The highest BCUT2D eigenvalue weighted by atomic mass is 35.5. The normalized spacial score (nSPS) is 16.4. The van der Waals surface area contributed by atoms with Crippen molar-refractivity contribution in [2.75, 3.05) is 7.11 Å². The molecule has 4 nitrogen and oxygen atoms in total. The summed E-state index contributed by atoms with van der Waals surface area (Å²) in [6.07, 6.45) is 1.52. The first-order valence-electron chi connectivity index (χ1n) is 5.45. The number of rotatable bonds is 4. The molecule has 17 heavy (non-hydrogen) atoms. The van der Waals surface area contributed by atoms with E-state index in [9.17, 15) is 4.79 Å². The minimum Gasteiger partial charge on any atom is -0.496 e. The lowest BCUT2D eigenvalue weighted by atomic mass is 10.2. The summed E-state index contributed by atoms with van der Waals surface area (Å²) in [4.78, 5) is 11.7. The number of hydrogen-bond donors (Lipinski definition) is 2. The number of amides is 1. The average Bonchev–Trinajstić information content (AvgIpc) is 3.06. The first-order chi connectivity index (χ1) is 8.05. The number of methoxy groups -OCH3 is 1. The summed E-state index contributed by atoms with van der Waals surface area (Å²) in [5.74, 6) is 0.564. The summed E-state index contributed by atoms with van der Waals surface area (Å²) in [6, 6.07) is 5.32. The highest BCUT2D eigenvalue weighted by Crippen LogP contribution is 2.32. The summed E-state index contributed by atoms with van der Waals surface area (Å²) in [6.45, 7) is 0.401. The lowest BCUT2D eigenvalue weighted by Gasteiger charge is -2.12. The predicted molar refractivity (Wildman–Crippen MR) is 66.0 cm³/mol. The van der Waals surface area contributed by atoms with E-state index < -0.39 is 5.54 Å². The fourth-order valence-electron chi connectivity index (χ4n) is 1.58. The first kappa shape index (κ1) is 12.2. The van der Waals surface area contributed by atoms with Crippen LogP contribution in [0.5, 0.6) is 5.75 Å². The van der Waals surface area contributed by atoms with E-state index >= 15 is 0 Å². The van der Waals surface area contributed by atoms with Crippen LogP contribution in [-0.2, 0) is 11.3 Å². The molecule has 1 aliphatic rings. The number of ether oxygens (including phenoxy) is 1. The van der Waals surface area contributed by atoms with Gasteiger partial charge in [-0.15, -0.1) is 0 Å². The Bertz CT molecular complexity index is 444. The molecule has 1 aromatic carbocycles. The minimum absolute atomic E-state index is 0.102. The second-order valence-corrected chi connectivity index (χ2v) is 4.73. The van der Waals surface area contributed by atoms with Gasteiger partial charge in [0.05, 0.1) is 12.6 Å². The van der Waals surface area contributed by atoms with Gasteiger partial charge in [-0.2, -0.15) is 0 Å². The second kappa shape index (κ2) is 4.55. The molecule has 1 saturated carbocycles. The molecule has 0 unspecified atom stereocenters. The van der Waals surface area contributed by atoms with Gasteiger partial charge in [-0.25, -0.2) is 0 Å². The molecule has 0 atom stereocenters. The maximum absolute atomic E-state index is 11.7. The van der Waals surface area contributed by atoms with Crippen LogP contribution in [0.3, 0.4) is 0 Å². The van der Waals surface area contributed by atoms with E-state index in [0.717, 1.165) is 18.4 Å². The van der Waals surface area contributed by atoms with Gasteiger partial charge in [0, 0.05) is 17.1 Å². The first-order valence-corrected chi connectivity index (χ1v) is 5.82. The zero-order valence-electron chi connectivity index (χ0n) is 9.63. The SMILES string of the molecule is COc1cc(Cl)ccc1CNC(=O)C1(N)CC1. The van der Waals surface area contributed by atoms with Crippen LogP contribution in [0, 0.1) is 0 Å². The maximum atomic E-state index is 11.7. The molecule has 0 spiro atoms. The second-order valence-electron chi connectivity index (χ2n) is 4.29. The Labute approximate surface area is 105 Å². The molecule has 0 saturated heterocycles. The lowest BCUT2D eigenvalue weighted by Crippen LogP contribution is -2.42. The van der Waals surface area contributed by atoms with Crippen LogP contribution in [-0.4, -0.2) is 18.6 Å². The third-order valence-electron chi connectivity index (χ3n) is 2.93. The van der Waals surface area contributed by atoms with Crippen molar-refractivity contribution in [3.05, 3.63) is 28.8 Å². The number of nitrogens with two attached hydrogens (primary N) is 1. The molecular weight excluding hydrogens is 240 g/mol. The van der Waals surface area contributed by atoms with Crippen molar-refractivity contribution >= 4 is 17.5 Å². The number of halogens is 1. The predicted octanol–water partition coefficient (Wildman–Crippen LogP) is 1.46. The van der Waals surface area contributed by atoms with E-state index in [-0.39, 0.29) is 5.91 Å². The Balaban J connectivity index is 2.01. The van der Waals surface area contributed by atoms with Crippen molar-refractivity contribution in [2.24, 2.45) is 5.73 Å². The average molecular weight is 255 g/mol. The van der Waals surface area contributed by atoms with E-state index in [4.69, 9.17) is 22.1 Å². The van der Waals surface area contributed by atoms with Crippen LogP contribution in [0.25, 0.3) is 0 Å². The van der Waals surface area contributed by atoms with Crippen LogP contribution in [0.15, 0.2) is 18.2 Å². The molecule has 1 aliphatic carbocycles. The molecule has 5 heteroatoms. The third kappa shape index (κ3) is 2.70. The van der Waals surface area contributed by atoms with Crippen molar-refractivity contribution in [3.63, 3.8) is 0 Å². The lowest BCUT2D eigenvalue weighted by molar-refractivity contribution is -0.123. The van der Waals surface area contributed by atoms with Crippen molar-refractivity contribution < 1.29 is 9.53 Å². The molecule has 1 fully saturated rings. The number of benzene rings is 1. The largest absolute Gasteiger partial charge is 0.496 e. The fraction of sp³-hybridized carbons (Fsp3) is 0.417. The van der Waals surface area contributed by atoms with E-state index in [0.29, 0.717) is 17.3 Å². The molecule has 2 rings (SSSR count). The van der Waals surface area contributed by atoms with Crippen LogP contribution >= 0.6 is 11.6 Å². The van der Waals surface area contributed by atoms with Crippen LogP contribution in [0.2, 0.25) is 5.02 Å². The van der Waals surface area contributed by atoms with Gasteiger partial charge in [0.2, 0.25) is 5.91 Å². The van der Waals surface area contributed by atoms with Crippen LogP contribution in [0.1, 0.15) is 18.4 Å². The van der Waals surface area contributed by atoms with E-state index in [1.54, 1.807) is 19.2 Å². The Morgan fingerprint density at radius 2 is 2.29 bits per heavy atom. The topological polar surface area (TPSA) is 64.3 Å². The number of nitrogens with one attached hydrogen (secondary N) is 1. The molecule has 0 aliphatic heterocycles. The van der Waals surface area contributed by atoms with E-state index in [1.807, 2.05) is 6.07 Å². The molecule has 3 N–H and O–H groups in total. The Hall–Kier alpha value is -1.26. The highest BCUT2D eigenvalue weighted by molar-refractivity contribution is 6.30. The van der Waals surface area contributed by atoms with Crippen LogP contribution in [0.4, 0.5) is 0 Å². The molecule has 92 valence electrons. The quantitative estimate of drug-likeness (QED) is 0.855. The monoisotopic (exact) mass is 254 g/mol. The molecular formula is C12H15ClN2O2. The third-order valence-corrected chi connectivity index (χ3v) is 3.16. The summed E-state index contributed by atoms with van der Waals surface area (Å²) >= 11 is 5.85. The van der Waals surface area contributed by atoms with Crippen LogP contribution < -0.4 is 15.8 Å². The van der Waals surface area contributed by atoms with Gasteiger partial charge in [0.1, 0.15) is 5.75 Å². The van der Waals surface area contributed by atoms with E-state index in [2.05, 4.69) is 5.32 Å². The molecule has 0 aromatic heterocycles. The zero-order chi connectivity index (χ0) is 12.5. The number of hydrogen-bond acceptors (Lipinski definition) is 3. The van der Waals surface area contributed by atoms with Crippen molar-refractivity contribution in [3.8, 4) is 5.75 Å². The molecule has 0 heterocycles. The summed E-state index contributed by atoms with van der Waals surface area (Å²) in [7, 11) is 1.57. The Morgan fingerprint density at radius 1 is 1.59 bits per heavy atom. The van der Waals surface area contributed by atoms with Gasteiger partial charge in [-0.3, -0.25) is 4.79 Å². The van der Waals surface area contributed by atoms with E-state index in [1.165, 1.54) is 0 Å². The maximum Gasteiger partial charge on any atom is 0.240 e. The molecule has 0 radical (unpaired) electrons. The van der Waals surface area contributed by atoms with Gasteiger partial charge >= 0.3 is 0 Å². The molecule has 1 aromatic rings. The van der Waals surface area contributed by atoms with Gasteiger partial charge in [0.15, 0.2) is 0 Å². The van der Waals surface area contributed by atoms with Gasteiger partial charge in [0.25, 0.3) is 0 Å². The Morgan fingerprint density at radius 3 is 2.88 bits per heavy atom.